The van der Waals surface area contributed by atoms with E-state index in [-0.39, 0.29) is 0 Å². The minimum Gasteiger partial charge on any atom is -0.479 e. The van der Waals surface area contributed by atoms with Gasteiger partial charge in [0.2, 0.25) is 0 Å². The maximum atomic E-state index is 11.0. The summed E-state index contributed by atoms with van der Waals surface area (Å²) in [5.74, 6) is -0.953. The molecule has 1 fully saturated rings. The number of amides is 2. The summed E-state index contributed by atoms with van der Waals surface area (Å²) in [6.07, 6.45) is 1.62. The minimum absolute atomic E-state index is 0.408. The molecular weight excluding hydrogens is 172 g/mol. The molecule has 0 aromatic rings. The Morgan fingerprint density at radius 2 is 2.23 bits per heavy atom. The number of hydrogen-bond donors (Lipinski definition) is 2. The summed E-state index contributed by atoms with van der Waals surface area (Å²) >= 11 is 0. The molecule has 1 saturated heterocycles. The molecule has 3 N–H and O–H groups in total. The molecule has 5 heteroatoms. The molecule has 0 aliphatic carbocycles. The number of primary amides is 1. The van der Waals surface area contributed by atoms with Crippen LogP contribution in [0.25, 0.3) is 0 Å². The molecule has 0 aromatic carbocycles. The molecule has 5 nitrogen and oxygen atoms in total. The number of nitrogens with zero attached hydrogens (tertiary/aromatic N) is 1. The molecule has 0 bridgehead atoms. The van der Waals surface area contributed by atoms with Crippen molar-refractivity contribution in [2.24, 2.45) is 5.73 Å². The van der Waals surface area contributed by atoms with Gasteiger partial charge >= 0.3 is 12.0 Å². The number of hydrogen-bond acceptors (Lipinski definition) is 2. The van der Waals surface area contributed by atoms with Gasteiger partial charge in [0.05, 0.1) is 0 Å². The van der Waals surface area contributed by atoms with Crippen LogP contribution in [0.2, 0.25) is 0 Å². The number of rotatable bonds is 2. The summed E-state index contributed by atoms with van der Waals surface area (Å²) in [5, 5.41) is 9.03. The second-order valence-electron chi connectivity index (χ2n) is 3.28. The molecule has 0 saturated carbocycles. The van der Waals surface area contributed by atoms with E-state index < -0.39 is 17.5 Å². The number of likely N-dealkylation sites (tertiary alicyclic amines) is 1. The number of carbonyl (C=O) groups is 2. The van der Waals surface area contributed by atoms with Crippen molar-refractivity contribution in [3.8, 4) is 0 Å². The van der Waals surface area contributed by atoms with Crippen LogP contribution in [0.1, 0.15) is 26.2 Å². The molecule has 1 aliphatic heterocycles. The highest BCUT2D eigenvalue weighted by Gasteiger charge is 2.47. The largest absolute Gasteiger partial charge is 0.479 e. The summed E-state index contributed by atoms with van der Waals surface area (Å²) in [4.78, 5) is 23.2. The Kier molecular flexibility index (Phi) is 2.45. The van der Waals surface area contributed by atoms with E-state index in [2.05, 4.69) is 0 Å². The highest BCUT2D eigenvalue weighted by molar-refractivity contribution is 5.86. The molecule has 13 heavy (non-hydrogen) atoms. The standard InChI is InChI=1S/C8H14N2O3/c1-2-8(6(11)12)4-3-5-10(8)7(9)13/h2-5H2,1H3,(H2,9,13)(H,11,12). The van der Waals surface area contributed by atoms with Crippen LogP contribution in [0, 0.1) is 0 Å². The Morgan fingerprint density at radius 3 is 2.54 bits per heavy atom. The number of carboxylic acid groups (broad SMARTS) is 1. The maximum absolute atomic E-state index is 11.0. The Bertz CT molecular complexity index is 242. The van der Waals surface area contributed by atoms with Crippen LogP contribution in [0.5, 0.6) is 0 Å². The smallest absolute Gasteiger partial charge is 0.329 e. The average molecular weight is 186 g/mol. The second-order valence-corrected chi connectivity index (χ2v) is 3.28. The van der Waals surface area contributed by atoms with Gasteiger partial charge in [-0.15, -0.1) is 0 Å². The molecule has 0 aromatic heterocycles. The molecule has 1 rings (SSSR count). The number of aliphatic carboxylic acids is 1. The van der Waals surface area contributed by atoms with Gasteiger partial charge in [0.1, 0.15) is 5.54 Å². The third-order valence-corrected chi connectivity index (χ3v) is 2.74. The topological polar surface area (TPSA) is 83.6 Å². The fourth-order valence-electron chi connectivity index (χ4n) is 1.94. The van der Waals surface area contributed by atoms with Crippen molar-refractivity contribution in [1.29, 1.82) is 0 Å². The highest BCUT2D eigenvalue weighted by atomic mass is 16.4. The summed E-state index contributed by atoms with van der Waals surface area (Å²) in [6.45, 7) is 2.21. The van der Waals surface area contributed by atoms with Crippen LogP contribution >= 0.6 is 0 Å². The van der Waals surface area contributed by atoms with Gasteiger partial charge < -0.3 is 15.7 Å². The van der Waals surface area contributed by atoms with Crippen molar-refractivity contribution in [2.75, 3.05) is 6.54 Å². The summed E-state index contributed by atoms with van der Waals surface area (Å²) in [7, 11) is 0. The molecule has 1 unspecified atom stereocenters. The zero-order valence-electron chi connectivity index (χ0n) is 7.62. The van der Waals surface area contributed by atoms with E-state index in [9.17, 15) is 9.59 Å². The van der Waals surface area contributed by atoms with Crippen LogP contribution in [0.15, 0.2) is 0 Å². The predicted octanol–water partition coefficient (Wildman–Crippen LogP) is 0.394. The highest BCUT2D eigenvalue weighted by Crippen LogP contribution is 2.32. The Labute approximate surface area is 76.5 Å². The van der Waals surface area contributed by atoms with Gasteiger partial charge in [-0.1, -0.05) is 6.92 Å². The quantitative estimate of drug-likeness (QED) is 0.654. The van der Waals surface area contributed by atoms with Gasteiger partial charge in [0.25, 0.3) is 0 Å². The minimum atomic E-state index is -1.05. The number of carbonyl (C=O) groups excluding carboxylic acids is 1. The Morgan fingerprint density at radius 1 is 1.62 bits per heavy atom. The molecule has 0 radical (unpaired) electrons. The SMILES string of the molecule is CCC1(C(=O)O)CCCN1C(N)=O. The lowest BCUT2D eigenvalue weighted by Gasteiger charge is -2.32. The number of nitrogens with two attached hydrogens (primary N) is 1. The first-order valence-corrected chi connectivity index (χ1v) is 4.35. The van der Waals surface area contributed by atoms with E-state index in [1.165, 1.54) is 4.90 Å². The van der Waals surface area contributed by atoms with Crippen LogP contribution in [-0.2, 0) is 4.79 Å². The Balaban J connectivity index is 2.96. The molecule has 1 aliphatic rings. The monoisotopic (exact) mass is 186 g/mol. The van der Waals surface area contributed by atoms with Gasteiger partial charge in [-0.25, -0.2) is 9.59 Å². The molecule has 74 valence electrons. The average Bonchev–Trinajstić information content (AvgIpc) is 2.48. The van der Waals surface area contributed by atoms with Crippen molar-refractivity contribution in [3.63, 3.8) is 0 Å². The summed E-state index contributed by atoms with van der Waals surface area (Å²) < 4.78 is 0. The third kappa shape index (κ3) is 1.34. The first-order valence-electron chi connectivity index (χ1n) is 4.35. The lowest BCUT2D eigenvalue weighted by molar-refractivity contribution is -0.148. The zero-order chi connectivity index (χ0) is 10.1. The molecule has 1 atom stereocenters. The van der Waals surface area contributed by atoms with E-state index in [1.807, 2.05) is 0 Å². The lowest BCUT2D eigenvalue weighted by atomic mass is 9.93. The van der Waals surface area contributed by atoms with E-state index >= 15 is 0 Å². The predicted molar refractivity (Wildman–Crippen MR) is 46.2 cm³/mol. The number of urea groups is 1. The molecule has 1 heterocycles. The molecule has 2 amide bonds. The number of carboxylic acids is 1. The first-order chi connectivity index (χ1) is 6.04. The van der Waals surface area contributed by atoms with Gasteiger partial charge in [0.15, 0.2) is 0 Å². The van der Waals surface area contributed by atoms with Crippen LogP contribution in [0.4, 0.5) is 4.79 Å². The van der Waals surface area contributed by atoms with Gasteiger partial charge in [-0.3, -0.25) is 0 Å². The Hall–Kier alpha value is -1.26. The van der Waals surface area contributed by atoms with Crippen molar-refractivity contribution >= 4 is 12.0 Å². The van der Waals surface area contributed by atoms with Crippen molar-refractivity contribution in [3.05, 3.63) is 0 Å². The first kappa shape index (κ1) is 9.83. The van der Waals surface area contributed by atoms with Crippen molar-refractivity contribution in [2.45, 2.75) is 31.7 Å². The zero-order valence-corrected chi connectivity index (χ0v) is 7.62. The van der Waals surface area contributed by atoms with Gasteiger partial charge in [0, 0.05) is 6.54 Å². The molecule has 0 spiro atoms. The van der Waals surface area contributed by atoms with Crippen molar-refractivity contribution < 1.29 is 14.7 Å². The van der Waals surface area contributed by atoms with Crippen LogP contribution in [-0.4, -0.2) is 34.1 Å². The third-order valence-electron chi connectivity index (χ3n) is 2.74. The van der Waals surface area contributed by atoms with Gasteiger partial charge in [-0.2, -0.15) is 0 Å². The fraction of sp³-hybridized carbons (Fsp3) is 0.750. The van der Waals surface area contributed by atoms with E-state index in [4.69, 9.17) is 10.8 Å². The van der Waals surface area contributed by atoms with Gasteiger partial charge in [-0.05, 0) is 19.3 Å². The van der Waals surface area contributed by atoms with E-state index in [0.29, 0.717) is 25.8 Å². The fourth-order valence-corrected chi connectivity index (χ4v) is 1.94. The normalized spacial score (nSPS) is 27.6. The summed E-state index contributed by atoms with van der Waals surface area (Å²) in [5.41, 5.74) is 4.06. The van der Waals surface area contributed by atoms with Crippen LogP contribution < -0.4 is 5.73 Å². The van der Waals surface area contributed by atoms with Crippen LogP contribution in [0.3, 0.4) is 0 Å². The van der Waals surface area contributed by atoms with E-state index in [1.54, 1.807) is 6.92 Å². The summed E-state index contributed by atoms with van der Waals surface area (Å²) in [6, 6.07) is -0.637. The van der Waals surface area contributed by atoms with E-state index in [0.717, 1.165) is 0 Å². The second kappa shape index (κ2) is 3.24. The lowest BCUT2D eigenvalue weighted by Crippen LogP contribution is -2.54. The van der Waals surface area contributed by atoms with Crippen molar-refractivity contribution in [1.82, 2.24) is 4.90 Å². The maximum Gasteiger partial charge on any atom is 0.329 e. The molecular formula is C8H14N2O3.